The molecule has 1 aliphatic heterocycles. The fourth-order valence-corrected chi connectivity index (χ4v) is 4.20. The number of rotatable bonds is 7. The van der Waals surface area contributed by atoms with Crippen molar-refractivity contribution < 1.29 is 9.59 Å². The lowest BCUT2D eigenvalue weighted by molar-refractivity contribution is -0.124. The van der Waals surface area contributed by atoms with Gasteiger partial charge >= 0.3 is 0 Å². The molecule has 0 radical (unpaired) electrons. The smallest absolute Gasteiger partial charge is 0.238 e. The first-order chi connectivity index (χ1) is 11.8. The summed E-state index contributed by atoms with van der Waals surface area (Å²) in [6.07, 6.45) is 0.169. The number of anilines is 1. The highest BCUT2D eigenvalue weighted by molar-refractivity contribution is 8.01. The van der Waals surface area contributed by atoms with Crippen molar-refractivity contribution in [3.8, 4) is 0 Å². The number of hydrogen-bond acceptors (Lipinski definition) is 4. The monoisotopic (exact) mass is 383 g/mol. The summed E-state index contributed by atoms with van der Waals surface area (Å²) >= 11 is 7.35. The van der Waals surface area contributed by atoms with Crippen molar-refractivity contribution in [2.75, 3.05) is 18.4 Å². The molecule has 1 aliphatic rings. The fourth-order valence-electron chi connectivity index (χ4n) is 2.93. The van der Waals surface area contributed by atoms with Gasteiger partial charge in [-0.25, -0.2) is 0 Å². The zero-order valence-corrected chi connectivity index (χ0v) is 16.7. The van der Waals surface area contributed by atoms with E-state index in [0.717, 1.165) is 11.4 Å². The molecule has 2 N–H and O–H groups in total. The average Bonchev–Trinajstić information content (AvgIpc) is 2.51. The van der Waals surface area contributed by atoms with Gasteiger partial charge in [-0.1, -0.05) is 11.6 Å². The number of fused-ring (bicyclic) bond motifs is 1. The maximum absolute atomic E-state index is 12.2. The number of nitrogens with one attached hydrogen (secondary N) is 2. The topological polar surface area (TPSA) is 61.4 Å². The van der Waals surface area contributed by atoms with Crippen molar-refractivity contribution in [1.29, 1.82) is 0 Å². The molecule has 2 rings (SSSR count). The Morgan fingerprint density at radius 3 is 2.64 bits per heavy atom. The van der Waals surface area contributed by atoms with Gasteiger partial charge in [-0.15, -0.1) is 11.8 Å². The van der Waals surface area contributed by atoms with E-state index < -0.39 is 5.25 Å². The third kappa shape index (κ3) is 5.62. The number of nitrogens with zero attached hydrogens (tertiary/aromatic N) is 1. The predicted octanol–water partition coefficient (Wildman–Crippen LogP) is 3.38. The molecule has 1 aromatic rings. The van der Waals surface area contributed by atoms with Gasteiger partial charge < -0.3 is 10.6 Å². The second kappa shape index (κ2) is 8.92. The number of amides is 2. The quantitative estimate of drug-likeness (QED) is 0.757. The van der Waals surface area contributed by atoms with E-state index >= 15 is 0 Å². The van der Waals surface area contributed by atoms with Gasteiger partial charge in [-0.3, -0.25) is 14.5 Å². The number of carbonyl (C=O) groups is 2. The first-order valence-corrected chi connectivity index (χ1v) is 9.83. The van der Waals surface area contributed by atoms with Crippen LogP contribution in [0.2, 0.25) is 5.02 Å². The summed E-state index contributed by atoms with van der Waals surface area (Å²) in [7, 11) is 0. The van der Waals surface area contributed by atoms with Gasteiger partial charge in [0.15, 0.2) is 0 Å². The minimum atomic E-state index is -0.417. The van der Waals surface area contributed by atoms with Gasteiger partial charge in [0.2, 0.25) is 11.8 Å². The highest BCUT2D eigenvalue weighted by atomic mass is 35.5. The molecule has 0 aliphatic carbocycles. The second-order valence-corrected chi connectivity index (χ2v) is 8.40. The number of benzene rings is 1. The van der Waals surface area contributed by atoms with Crippen LogP contribution < -0.4 is 10.6 Å². The van der Waals surface area contributed by atoms with Crippen molar-refractivity contribution in [2.45, 2.75) is 56.3 Å². The van der Waals surface area contributed by atoms with Crippen molar-refractivity contribution in [1.82, 2.24) is 10.2 Å². The average molecular weight is 384 g/mol. The van der Waals surface area contributed by atoms with Crippen molar-refractivity contribution in [3.63, 3.8) is 0 Å². The van der Waals surface area contributed by atoms with E-state index in [4.69, 9.17) is 11.6 Å². The van der Waals surface area contributed by atoms with E-state index in [2.05, 4.69) is 43.2 Å². The number of thioether (sulfide) groups is 1. The molecule has 0 fully saturated rings. The first-order valence-electron chi connectivity index (χ1n) is 8.57. The molecule has 1 atom stereocenters. The van der Waals surface area contributed by atoms with Crippen LogP contribution in [0.1, 0.15) is 34.1 Å². The second-order valence-electron chi connectivity index (χ2n) is 6.72. The van der Waals surface area contributed by atoms with Crippen molar-refractivity contribution >= 4 is 40.9 Å². The molecule has 138 valence electrons. The zero-order valence-electron chi connectivity index (χ0n) is 15.1. The number of halogens is 1. The molecule has 2 amide bonds. The normalized spacial score (nSPS) is 17.0. The Hall–Kier alpha value is -1.24. The lowest BCUT2D eigenvalue weighted by Gasteiger charge is -2.30. The molecule has 0 spiro atoms. The molecule has 25 heavy (non-hydrogen) atoms. The molecule has 5 nitrogen and oxygen atoms in total. The first kappa shape index (κ1) is 20.1. The van der Waals surface area contributed by atoms with Crippen LogP contribution >= 0.6 is 23.4 Å². The Kier molecular flexibility index (Phi) is 7.16. The number of hydrogen-bond donors (Lipinski definition) is 2. The summed E-state index contributed by atoms with van der Waals surface area (Å²) in [6.45, 7) is 9.97. The van der Waals surface area contributed by atoms with Crippen molar-refractivity contribution in [2.24, 2.45) is 0 Å². The number of carbonyl (C=O) groups excluding carboxylic acids is 2. The van der Waals surface area contributed by atoms with Gasteiger partial charge in [0.05, 0.1) is 10.9 Å². The zero-order chi connectivity index (χ0) is 18.6. The minimum Gasteiger partial charge on any atom is -0.355 e. The van der Waals surface area contributed by atoms with Gasteiger partial charge in [0, 0.05) is 41.5 Å². The van der Waals surface area contributed by atoms with E-state index in [-0.39, 0.29) is 18.2 Å². The third-order valence-corrected chi connectivity index (χ3v) is 5.66. The van der Waals surface area contributed by atoms with Gasteiger partial charge in [-0.05, 0) is 45.9 Å². The summed E-state index contributed by atoms with van der Waals surface area (Å²) in [5.41, 5.74) is 0.712. The Morgan fingerprint density at radius 2 is 2.00 bits per heavy atom. The van der Waals surface area contributed by atoms with E-state index in [1.165, 1.54) is 11.8 Å². The van der Waals surface area contributed by atoms with Crippen LogP contribution in [-0.2, 0) is 9.59 Å². The Balaban J connectivity index is 1.84. The molecule has 1 aromatic carbocycles. The van der Waals surface area contributed by atoms with E-state index in [9.17, 15) is 9.59 Å². The van der Waals surface area contributed by atoms with E-state index in [1.54, 1.807) is 12.1 Å². The van der Waals surface area contributed by atoms with Crippen LogP contribution in [0.15, 0.2) is 23.1 Å². The molecule has 0 saturated heterocycles. The minimum absolute atomic E-state index is 0.0995. The third-order valence-electron chi connectivity index (χ3n) is 4.15. The molecule has 0 bridgehead atoms. The lowest BCUT2D eigenvalue weighted by Crippen LogP contribution is -2.43. The summed E-state index contributed by atoms with van der Waals surface area (Å²) < 4.78 is 0. The highest BCUT2D eigenvalue weighted by Crippen LogP contribution is 2.38. The van der Waals surface area contributed by atoms with Crippen LogP contribution in [0.5, 0.6) is 0 Å². The summed E-state index contributed by atoms with van der Waals surface area (Å²) in [5, 5.41) is 5.92. The summed E-state index contributed by atoms with van der Waals surface area (Å²) in [5.74, 6) is -0.251. The predicted molar refractivity (Wildman–Crippen MR) is 104 cm³/mol. The summed E-state index contributed by atoms with van der Waals surface area (Å²) in [4.78, 5) is 27.7. The van der Waals surface area contributed by atoms with E-state index in [1.807, 2.05) is 6.07 Å². The van der Waals surface area contributed by atoms with E-state index in [0.29, 0.717) is 29.3 Å². The van der Waals surface area contributed by atoms with Crippen LogP contribution in [0, 0.1) is 0 Å². The largest absolute Gasteiger partial charge is 0.355 e. The maximum atomic E-state index is 12.2. The van der Waals surface area contributed by atoms with Gasteiger partial charge in [-0.2, -0.15) is 0 Å². The van der Waals surface area contributed by atoms with Gasteiger partial charge in [0.1, 0.15) is 0 Å². The summed E-state index contributed by atoms with van der Waals surface area (Å²) in [6, 6.07) is 6.24. The Labute approximate surface area is 158 Å². The SMILES string of the molecule is CC(C)N(CCNC(=O)CC1Sc2ccc(Cl)cc2NC1=O)C(C)C. The molecular weight excluding hydrogens is 358 g/mol. The van der Waals surface area contributed by atoms with Crippen LogP contribution in [0.3, 0.4) is 0 Å². The molecule has 1 unspecified atom stereocenters. The molecule has 7 heteroatoms. The molecule has 0 aromatic heterocycles. The van der Waals surface area contributed by atoms with Crippen LogP contribution in [0.25, 0.3) is 0 Å². The maximum Gasteiger partial charge on any atom is 0.238 e. The Bertz CT molecular complexity index is 629. The highest BCUT2D eigenvalue weighted by Gasteiger charge is 2.29. The molecule has 1 heterocycles. The molecule has 0 saturated carbocycles. The van der Waals surface area contributed by atoms with Gasteiger partial charge in [0.25, 0.3) is 0 Å². The standard InChI is InChI=1S/C18H26ClN3O2S/c1-11(2)22(12(3)4)8-7-20-17(23)10-16-18(24)21-14-9-13(19)5-6-15(14)25-16/h5-6,9,11-12,16H,7-8,10H2,1-4H3,(H,20,23)(H,21,24). The fraction of sp³-hybridized carbons (Fsp3) is 0.556. The molecular formula is C18H26ClN3O2S. The van der Waals surface area contributed by atoms with Crippen molar-refractivity contribution in [3.05, 3.63) is 23.2 Å². The lowest BCUT2D eigenvalue weighted by atomic mass is 10.2. The van der Waals surface area contributed by atoms with Crippen LogP contribution in [0.4, 0.5) is 5.69 Å². The Morgan fingerprint density at radius 1 is 1.32 bits per heavy atom. The van der Waals surface area contributed by atoms with Crippen LogP contribution in [-0.4, -0.2) is 47.1 Å².